The second-order valence-electron chi connectivity index (χ2n) is 4.69. The zero-order valence-electron chi connectivity index (χ0n) is 12.4. The van der Waals surface area contributed by atoms with Gasteiger partial charge in [-0.15, -0.1) is 0 Å². The third-order valence-electron chi connectivity index (χ3n) is 2.92. The molecule has 5 nitrogen and oxygen atoms in total. The minimum Gasteiger partial charge on any atom is -0.493 e. The maximum Gasteiger partial charge on any atom is 0.257 e. The molecule has 0 saturated carbocycles. The molecule has 0 aliphatic carbocycles. The van der Waals surface area contributed by atoms with E-state index in [1.54, 1.807) is 13.2 Å². The Bertz CT molecular complexity index is 433. The number of benzene rings is 1. The summed E-state index contributed by atoms with van der Waals surface area (Å²) >= 11 is 0. The highest BCUT2D eigenvalue weighted by atomic mass is 16.5. The number of ether oxygens (including phenoxy) is 2. The van der Waals surface area contributed by atoms with E-state index >= 15 is 0 Å². The van der Waals surface area contributed by atoms with E-state index < -0.39 is 0 Å². The van der Waals surface area contributed by atoms with Gasteiger partial charge in [-0.3, -0.25) is 4.79 Å². The average molecular weight is 280 g/mol. The van der Waals surface area contributed by atoms with Gasteiger partial charge in [0.15, 0.2) is 18.1 Å². The van der Waals surface area contributed by atoms with E-state index in [0.29, 0.717) is 18.0 Å². The number of amides is 1. The first-order valence-electron chi connectivity index (χ1n) is 6.91. The molecule has 0 radical (unpaired) electrons. The summed E-state index contributed by atoms with van der Waals surface area (Å²) in [7, 11) is 1.56. The predicted molar refractivity (Wildman–Crippen MR) is 79.0 cm³/mol. The smallest absolute Gasteiger partial charge is 0.257 e. The molecule has 0 aliphatic rings. The van der Waals surface area contributed by atoms with Crippen LogP contribution in [0, 0.1) is 0 Å². The maximum atomic E-state index is 11.6. The molecule has 0 unspecified atom stereocenters. The van der Waals surface area contributed by atoms with Crippen LogP contribution in [0.5, 0.6) is 11.5 Å². The summed E-state index contributed by atoms with van der Waals surface area (Å²) in [5, 5.41) is 2.80. The molecular weight excluding hydrogens is 256 g/mol. The minimum absolute atomic E-state index is 0.0163. The average Bonchev–Trinajstić information content (AvgIpc) is 2.45. The van der Waals surface area contributed by atoms with Crippen molar-refractivity contribution in [2.24, 2.45) is 5.73 Å². The molecule has 1 rings (SSSR count). The third-order valence-corrected chi connectivity index (χ3v) is 2.92. The third kappa shape index (κ3) is 5.09. The van der Waals surface area contributed by atoms with Crippen molar-refractivity contribution in [3.05, 3.63) is 23.8 Å². The standard InChI is InChI=1S/C15H24N2O3/c1-4-5-8-17-15(18)10-20-13-7-6-12(11(2)16)9-14(13)19-3/h6-7,9,11H,4-5,8,10,16H2,1-3H3,(H,17,18)/t11-/m0/s1. The molecule has 1 atom stereocenters. The van der Waals surface area contributed by atoms with Gasteiger partial charge in [0.05, 0.1) is 7.11 Å². The SMILES string of the molecule is CCCCNC(=O)COc1ccc([C@H](C)N)cc1OC. The number of carbonyl (C=O) groups excluding carboxylic acids is 1. The summed E-state index contributed by atoms with van der Waals surface area (Å²) in [5.74, 6) is 1.00. The number of methoxy groups -OCH3 is 1. The fourth-order valence-electron chi connectivity index (χ4n) is 1.69. The van der Waals surface area contributed by atoms with E-state index in [1.807, 2.05) is 19.1 Å². The van der Waals surface area contributed by atoms with Crippen LogP contribution in [0.25, 0.3) is 0 Å². The summed E-state index contributed by atoms with van der Waals surface area (Å²) in [6, 6.07) is 5.40. The highest BCUT2D eigenvalue weighted by molar-refractivity contribution is 5.77. The summed E-state index contributed by atoms with van der Waals surface area (Å²) < 4.78 is 10.7. The normalized spacial score (nSPS) is 11.8. The zero-order chi connectivity index (χ0) is 15.0. The van der Waals surface area contributed by atoms with Crippen molar-refractivity contribution >= 4 is 5.91 Å². The lowest BCUT2D eigenvalue weighted by molar-refractivity contribution is -0.123. The molecule has 0 saturated heterocycles. The number of nitrogens with one attached hydrogen (secondary N) is 1. The summed E-state index contributed by atoms with van der Waals surface area (Å²) in [6.45, 7) is 4.64. The minimum atomic E-state index is -0.128. The molecule has 3 N–H and O–H groups in total. The molecule has 0 bridgehead atoms. The van der Waals surface area contributed by atoms with Crippen molar-refractivity contribution in [3.63, 3.8) is 0 Å². The van der Waals surface area contributed by atoms with E-state index in [2.05, 4.69) is 12.2 Å². The number of unbranched alkanes of at least 4 members (excludes halogenated alkanes) is 1. The van der Waals surface area contributed by atoms with Crippen LogP contribution >= 0.6 is 0 Å². The second-order valence-corrected chi connectivity index (χ2v) is 4.69. The Hall–Kier alpha value is -1.75. The van der Waals surface area contributed by atoms with Crippen LogP contribution in [0.3, 0.4) is 0 Å². The molecule has 112 valence electrons. The molecule has 1 aromatic rings. The van der Waals surface area contributed by atoms with Gasteiger partial charge in [-0.2, -0.15) is 0 Å². The lowest BCUT2D eigenvalue weighted by Crippen LogP contribution is -2.29. The van der Waals surface area contributed by atoms with Crippen LogP contribution in [0.2, 0.25) is 0 Å². The van der Waals surface area contributed by atoms with Crippen molar-refractivity contribution in [2.75, 3.05) is 20.3 Å². The van der Waals surface area contributed by atoms with E-state index in [-0.39, 0.29) is 18.6 Å². The van der Waals surface area contributed by atoms with Crippen LogP contribution in [-0.2, 0) is 4.79 Å². The highest BCUT2D eigenvalue weighted by Crippen LogP contribution is 2.29. The number of hydrogen-bond acceptors (Lipinski definition) is 4. The van der Waals surface area contributed by atoms with Gasteiger partial charge in [0.2, 0.25) is 0 Å². The Morgan fingerprint density at radius 3 is 2.75 bits per heavy atom. The monoisotopic (exact) mass is 280 g/mol. The zero-order valence-corrected chi connectivity index (χ0v) is 12.4. The molecule has 0 aromatic heterocycles. The van der Waals surface area contributed by atoms with Gasteiger partial charge in [0.1, 0.15) is 0 Å². The van der Waals surface area contributed by atoms with Crippen molar-refractivity contribution in [2.45, 2.75) is 32.7 Å². The first-order chi connectivity index (χ1) is 9.58. The van der Waals surface area contributed by atoms with E-state index in [9.17, 15) is 4.79 Å². The summed E-state index contributed by atoms with van der Waals surface area (Å²) in [6.07, 6.45) is 2.02. The molecule has 5 heteroatoms. The van der Waals surface area contributed by atoms with E-state index in [1.165, 1.54) is 0 Å². The Labute approximate surface area is 120 Å². The fourth-order valence-corrected chi connectivity index (χ4v) is 1.69. The number of carbonyl (C=O) groups is 1. The van der Waals surface area contributed by atoms with Crippen LogP contribution in [0.4, 0.5) is 0 Å². The summed E-state index contributed by atoms with van der Waals surface area (Å²) in [5.41, 5.74) is 6.78. The van der Waals surface area contributed by atoms with E-state index in [0.717, 1.165) is 18.4 Å². The molecule has 20 heavy (non-hydrogen) atoms. The second kappa shape index (κ2) is 8.43. The molecule has 0 spiro atoms. The van der Waals surface area contributed by atoms with Crippen LogP contribution in [0.15, 0.2) is 18.2 Å². The molecule has 0 fully saturated rings. The Morgan fingerprint density at radius 1 is 1.40 bits per heavy atom. The van der Waals surface area contributed by atoms with Gasteiger partial charge in [-0.1, -0.05) is 19.4 Å². The summed E-state index contributed by atoms with van der Waals surface area (Å²) in [4.78, 5) is 11.6. The van der Waals surface area contributed by atoms with Crippen molar-refractivity contribution in [1.82, 2.24) is 5.32 Å². The van der Waals surface area contributed by atoms with Crippen molar-refractivity contribution in [1.29, 1.82) is 0 Å². The number of rotatable bonds is 8. The predicted octanol–water partition coefficient (Wildman–Crippen LogP) is 2.01. The maximum absolute atomic E-state index is 11.6. The Kier molecular flexibility index (Phi) is 6.87. The number of nitrogens with two attached hydrogens (primary N) is 1. The molecular formula is C15H24N2O3. The van der Waals surface area contributed by atoms with Gasteiger partial charge in [0.25, 0.3) is 5.91 Å². The van der Waals surface area contributed by atoms with Gasteiger partial charge in [0, 0.05) is 12.6 Å². The van der Waals surface area contributed by atoms with Gasteiger partial charge < -0.3 is 20.5 Å². The lowest BCUT2D eigenvalue weighted by Gasteiger charge is -2.13. The highest BCUT2D eigenvalue weighted by Gasteiger charge is 2.09. The first kappa shape index (κ1) is 16.3. The van der Waals surface area contributed by atoms with E-state index in [4.69, 9.17) is 15.2 Å². The van der Waals surface area contributed by atoms with Gasteiger partial charge in [-0.25, -0.2) is 0 Å². The topological polar surface area (TPSA) is 73.6 Å². The quantitative estimate of drug-likeness (QED) is 0.714. The van der Waals surface area contributed by atoms with Crippen LogP contribution in [0.1, 0.15) is 38.3 Å². The van der Waals surface area contributed by atoms with Crippen molar-refractivity contribution < 1.29 is 14.3 Å². The van der Waals surface area contributed by atoms with Gasteiger partial charge in [-0.05, 0) is 31.0 Å². The molecule has 1 amide bonds. The Morgan fingerprint density at radius 2 is 2.15 bits per heavy atom. The largest absolute Gasteiger partial charge is 0.493 e. The van der Waals surface area contributed by atoms with Crippen LogP contribution in [-0.4, -0.2) is 26.2 Å². The lowest BCUT2D eigenvalue weighted by atomic mass is 10.1. The van der Waals surface area contributed by atoms with Gasteiger partial charge >= 0.3 is 0 Å². The molecule has 1 aromatic carbocycles. The van der Waals surface area contributed by atoms with Crippen LogP contribution < -0.4 is 20.5 Å². The fraction of sp³-hybridized carbons (Fsp3) is 0.533. The van der Waals surface area contributed by atoms with Crippen molar-refractivity contribution in [3.8, 4) is 11.5 Å². The molecule has 0 aliphatic heterocycles. The first-order valence-corrected chi connectivity index (χ1v) is 6.91. The Balaban J connectivity index is 2.57. The number of hydrogen-bond donors (Lipinski definition) is 2. The molecule has 0 heterocycles.